The number of fused-ring (bicyclic) bond motifs is 2. The van der Waals surface area contributed by atoms with Gasteiger partial charge in [0, 0.05) is 17.6 Å². The number of hydrogen-bond acceptors (Lipinski definition) is 6. The van der Waals surface area contributed by atoms with Crippen molar-refractivity contribution in [3.05, 3.63) is 46.9 Å². The monoisotopic (exact) mass is 497 g/mol. The van der Waals surface area contributed by atoms with E-state index in [-0.39, 0.29) is 24.9 Å². The Morgan fingerprint density at radius 1 is 1.21 bits per heavy atom. The number of thiazole rings is 1. The zero-order valence-electron chi connectivity index (χ0n) is 16.0. The maximum absolute atomic E-state index is 13.3. The van der Waals surface area contributed by atoms with Gasteiger partial charge in [-0.05, 0) is 44.4 Å². The van der Waals surface area contributed by atoms with E-state index in [2.05, 4.69) is 20.9 Å². The number of anilines is 1. The summed E-state index contributed by atoms with van der Waals surface area (Å²) < 4.78 is 13.7. The van der Waals surface area contributed by atoms with Crippen LogP contribution in [0.2, 0.25) is 0 Å². The standard InChI is InChI=1S/C20H20BrN3O3S.ClH/c1-23(2)9-10-24(20-22-14-8-7-13(21)11-18(14)28-20)19(25)17-12-26-15-5-3-4-6-16(15)27-17;/h3-8,11,17H,9-10,12H2,1-2H3;1H. The van der Waals surface area contributed by atoms with Gasteiger partial charge in [0.15, 0.2) is 16.6 Å². The van der Waals surface area contributed by atoms with Crippen LogP contribution in [0, 0.1) is 0 Å². The molecule has 3 aromatic rings. The highest BCUT2D eigenvalue weighted by molar-refractivity contribution is 9.10. The van der Waals surface area contributed by atoms with Crippen LogP contribution in [0.5, 0.6) is 11.5 Å². The fourth-order valence-electron chi connectivity index (χ4n) is 2.92. The predicted octanol–water partition coefficient (Wildman–Crippen LogP) is 4.22. The molecule has 154 valence electrons. The highest BCUT2D eigenvalue weighted by Crippen LogP contribution is 2.34. The van der Waals surface area contributed by atoms with Gasteiger partial charge >= 0.3 is 0 Å². The Morgan fingerprint density at radius 2 is 1.97 bits per heavy atom. The van der Waals surface area contributed by atoms with Gasteiger partial charge in [0.25, 0.3) is 5.91 Å². The molecule has 0 saturated heterocycles. The Hall–Kier alpha value is -1.87. The third kappa shape index (κ3) is 4.83. The summed E-state index contributed by atoms with van der Waals surface area (Å²) in [6, 6.07) is 13.3. The second kappa shape index (κ2) is 9.30. The molecule has 2 aromatic carbocycles. The van der Waals surface area contributed by atoms with Crippen LogP contribution in [0.1, 0.15) is 0 Å². The molecule has 9 heteroatoms. The quantitative estimate of drug-likeness (QED) is 0.527. The van der Waals surface area contributed by atoms with E-state index in [1.165, 1.54) is 11.3 Å². The number of para-hydroxylation sites is 2. The molecule has 29 heavy (non-hydrogen) atoms. The van der Waals surface area contributed by atoms with Gasteiger partial charge < -0.3 is 14.4 Å². The number of carbonyl (C=O) groups is 1. The SMILES string of the molecule is CN(C)CCN(C(=O)C1COc2ccccc2O1)c1nc2ccc(Br)cc2s1.Cl. The maximum Gasteiger partial charge on any atom is 0.273 e. The number of benzene rings is 2. The number of likely N-dealkylation sites (N-methyl/N-ethyl adjacent to an activating group) is 1. The Bertz CT molecular complexity index is 1010. The van der Waals surface area contributed by atoms with Crippen LogP contribution >= 0.6 is 39.7 Å². The summed E-state index contributed by atoms with van der Waals surface area (Å²) in [6.07, 6.45) is -0.698. The van der Waals surface area contributed by atoms with E-state index < -0.39 is 6.10 Å². The number of rotatable bonds is 5. The molecule has 1 aromatic heterocycles. The molecule has 6 nitrogen and oxygen atoms in total. The summed E-state index contributed by atoms with van der Waals surface area (Å²) in [5, 5.41) is 0.669. The normalized spacial score (nSPS) is 15.2. The number of ether oxygens (including phenoxy) is 2. The number of nitrogens with zero attached hydrogens (tertiary/aromatic N) is 3. The molecular formula is C20H21BrClN3O3S. The second-order valence-corrected chi connectivity index (χ2v) is 8.69. The third-order valence-corrected chi connectivity index (χ3v) is 5.93. The number of halogens is 2. The van der Waals surface area contributed by atoms with Gasteiger partial charge in [-0.3, -0.25) is 9.69 Å². The van der Waals surface area contributed by atoms with Crippen LogP contribution in [-0.2, 0) is 4.79 Å². The topological polar surface area (TPSA) is 54.9 Å². The van der Waals surface area contributed by atoms with Gasteiger partial charge in [-0.15, -0.1) is 12.4 Å². The van der Waals surface area contributed by atoms with Crippen molar-refractivity contribution < 1.29 is 14.3 Å². The zero-order valence-corrected chi connectivity index (χ0v) is 19.2. The van der Waals surface area contributed by atoms with Crippen molar-refractivity contribution in [2.75, 3.05) is 38.7 Å². The van der Waals surface area contributed by atoms with Crippen LogP contribution in [0.25, 0.3) is 10.2 Å². The highest BCUT2D eigenvalue weighted by atomic mass is 79.9. The van der Waals surface area contributed by atoms with Crippen LogP contribution < -0.4 is 14.4 Å². The number of hydrogen-bond donors (Lipinski definition) is 0. The molecule has 1 unspecified atom stereocenters. The lowest BCUT2D eigenvalue weighted by Crippen LogP contribution is -2.48. The summed E-state index contributed by atoms with van der Waals surface area (Å²) in [4.78, 5) is 21.8. The largest absolute Gasteiger partial charge is 0.485 e. The van der Waals surface area contributed by atoms with E-state index in [4.69, 9.17) is 9.47 Å². The zero-order chi connectivity index (χ0) is 19.7. The molecule has 0 spiro atoms. The first-order chi connectivity index (χ1) is 13.5. The minimum absolute atomic E-state index is 0. The van der Waals surface area contributed by atoms with Crippen molar-refractivity contribution in [2.45, 2.75) is 6.10 Å². The van der Waals surface area contributed by atoms with E-state index in [0.717, 1.165) is 21.2 Å². The molecule has 0 saturated carbocycles. The molecule has 0 bridgehead atoms. The number of aromatic nitrogens is 1. The van der Waals surface area contributed by atoms with Crippen molar-refractivity contribution in [3.8, 4) is 11.5 Å². The Kier molecular flexibility index (Phi) is 7.00. The second-order valence-electron chi connectivity index (χ2n) is 6.77. The lowest BCUT2D eigenvalue weighted by molar-refractivity contribution is -0.127. The van der Waals surface area contributed by atoms with Gasteiger partial charge in [0.05, 0.1) is 10.2 Å². The van der Waals surface area contributed by atoms with E-state index in [0.29, 0.717) is 23.2 Å². The molecule has 1 aliphatic heterocycles. The van der Waals surface area contributed by atoms with Crippen molar-refractivity contribution in [1.82, 2.24) is 9.88 Å². The van der Waals surface area contributed by atoms with E-state index in [1.807, 2.05) is 61.5 Å². The highest BCUT2D eigenvalue weighted by Gasteiger charge is 2.33. The van der Waals surface area contributed by atoms with Gasteiger partial charge in [0.2, 0.25) is 6.10 Å². The molecule has 0 fully saturated rings. The summed E-state index contributed by atoms with van der Waals surface area (Å²) >= 11 is 4.99. The van der Waals surface area contributed by atoms with Crippen LogP contribution in [0.4, 0.5) is 5.13 Å². The third-order valence-electron chi connectivity index (χ3n) is 4.39. The minimum Gasteiger partial charge on any atom is -0.485 e. The fraction of sp³-hybridized carbons (Fsp3) is 0.300. The van der Waals surface area contributed by atoms with Crippen molar-refractivity contribution in [2.24, 2.45) is 0 Å². The molecule has 1 amide bonds. The van der Waals surface area contributed by atoms with Gasteiger partial charge in [-0.25, -0.2) is 4.98 Å². The molecule has 0 radical (unpaired) electrons. The average Bonchev–Trinajstić information content (AvgIpc) is 3.10. The van der Waals surface area contributed by atoms with E-state index in [9.17, 15) is 4.79 Å². The first-order valence-electron chi connectivity index (χ1n) is 8.92. The fourth-order valence-corrected chi connectivity index (χ4v) is 4.47. The molecule has 4 rings (SSSR count). The smallest absolute Gasteiger partial charge is 0.273 e. The summed E-state index contributed by atoms with van der Waals surface area (Å²) in [6.45, 7) is 1.43. The lowest BCUT2D eigenvalue weighted by Gasteiger charge is -2.30. The predicted molar refractivity (Wildman–Crippen MR) is 122 cm³/mol. The van der Waals surface area contributed by atoms with Gasteiger partial charge in [-0.2, -0.15) is 0 Å². The summed E-state index contributed by atoms with van der Waals surface area (Å²) in [7, 11) is 3.96. The lowest BCUT2D eigenvalue weighted by atomic mass is 10.2. The Morgan fingerprint density at radius 3 is 2.72 bits per heavy atom. The maximum atomic E-state index is 13.3. The van der Waals surface area contributed by atoms with Crippen molar-refractivity contribution in [1.29, 1.82) is 0 Å². The summed E-state index contributed by atoms with van der Waals surface area (Å²) in [5.74, 6) is 1.11. The van der Waals surface area contributed by atoms with Crippen molar-refractivity contribution >= 4 is 60.9 Å². The van der Waals surface area contributed by atoms with Crippen LogP contribution in [0.15, 0.2) is 46.9 Å². The van der Waals surface area contributed by atoms with Crippen LogP contribution in [-0.4, -0.2) is 55.7 Å². The van der Waals surface area contributed by atoms with Crippen molar-refractivity contribution in [3.63, 3.8) is 0 Å². The number of carbonyl (C=O) groups excluding carboxylic acids is 1. The molecule has 0 N–H and O–H groups in total. The summed E-state index contributed by atoms with van der Waals surface area (Å²) in [5.41, 5.74) is 0.872. The molecular weight excluding hydrogens is 478 g/mol. The Balaban J connectivity index is 0.00000240. The first-order valence-corrected chi connectivity index (χ1v) is 10.5. The molecule has 1 atom stereocenters. The van der Waals surface area contributed by atoms with E-state index in [1.54, 1.807) is 4.90 Å². The molecule has 2 heterocycles. The first kappa shape index (κ1) is 21.8. The van der Waals surface area contributed by atoms with Gasteiger partial charge in [0.1, 0.15) is 6.61 Å². The van der Waals surface area contributed by atoms with Gasteiger partial charge in [-0.1, -0.05) is 39.4 Å². The van der Waals surface area contributed by atoms with E-state index >= 15 is 0 Å². The average molecular weight is 499 g/mol. The molecule has 0 aliphatic carbocycles. The minimum atomic E-state index is -0.698. The molecule has 1 aliphatic rings. The number of amides is 1. The Labute approximate surface area is 188 Å². The van der Waals surface area contributed by atoms with Crippen LogP contribution in [0.3, 0.4) is 0 Å².